The summed E-state index contributed by atoms with van der Waals surface area (Å²) >= 11 is 0. The Bertz CT molecular complexity index is 4690. The maximum absolute atomic E-state index is 17.1. The van der Waals surface area contributed by atoms with Crippen LogP contribution in [0.15, 0.2) is 129 Å². The van der Waals surface area contributed by atoms with E-state index < -0.39 is 172 Å². The van der Waals surface area contributed by atoms with E-state index in [2.05, 4.69) is 19.9 Å². The van der Waals surface area contributed by atoms with Crippen LogP contribution in [0.2, 0.25) is 0 Å². The van der Waals surface area contributed by atoms with Crippen LogP contribution in [0.1, 0.15) is 185 Å². The number of carbonyl (C=O) groups excluding carboxylic acids is 9. The normalized spacial score (nSPS) is 34.8. The first-order valence-electron chi connectivity index (χ1n) is 45.5. The third kappa shape index (κ3) is 22.4. The number of alkyl halides is 1. The molecule has 0 saturated carbocycles. The Morgan fingerprint density at radius 3 is 1.46 bits per heavy atom. The highest BCUT2D eigenvalue weighted by Crippen LogP contribution is 2.48. The fourth-order valence-corrected chi connectivity index (χ4v) is 20.1. The van der Waals surface area contributed by atoms with Gasteiger partial charge >= 0.3 is 30.1 Å². The number of nitrogens with zero attached hydrogens (tertiary/aromatic N) is 10. The number of unbranched alkanes of at least 4 members (excludes halogenated alkanes) is 2. The van der Waals surface area contributed by atoms with Crippen molar-refractivity contribution < 1.29 is 105 Å². The molecule has 5 aromatic rings. The van der Waals surface area contributed by atoms with Crippen molar-refractivity contribution in [3.05, 3.63) is 134 Å². The number of hydrogen-bond acceptors (Lipinski definition) is 27. The predicted molar refractivity (Wildman–Crippen MR) is 477 cm³/mol. The van der Waals surface area contributed by atoms with Crippen LogP contribution < -0.4 is 0 Å². The van der Waals surface area contributed by atoms with E-state index in [0.717, 1.165) is 29.4 Å². The lowest BCUT2D eigenvalue weighted by atomic mass is 9.72. The number of aliphatic hydroxyl groups excluding tert-OH is 1. The predicted octanol–water partition coefficient (Wildman–Crippen LogP) is 12.9. The van der Waals surface area contributed by atoms with Crippen molar-refractivity contribution in [3.8, 4) is 22.5 Å². The van der Waals surface area contributed by atoms with Crippen LogP contribution >= 0.6 is 0 Å². The number of amides is 2. The Balaban J connectivity index is 0.000000270. The molecule has 0 radical (unpaired) electrons. The third-order valence-corrected chi connectivity index (χ3v) is 27.1. The molecule has 6 aliphatic heterocycles. The van der Waals surface area contributed by atoms with Gasteiger partial charge in [-0.2, -0.15) is 0 Å². The number of benzene rings is 1. The quantitative estimate of drug-likeness (QED) is 0.0177. The summed E-state index contributed by atoms with van der Waals surface area (Å²) in [7, 11) is 10.3. The molecule has 32 heteroatoms. The lowest BCUT2D eigenvalue weighted by Gasteiger charge is -2.47. The average Bonchev–Trinajstić information content (AvgIpc) is 1.62. The molecule has 2 unspecified atom stereocenters. The average molecular weight is 1800 g/mol. The molecule has 11 rings (SSSR count). The molecule has 2 amide bonds. The van der Waals surface area contributed by atoms with Gasteiger partial charge in [-0.1, -0.05) is 85.7 Å². The van der Waals surface area contributed by atoms with Crippen molar-refractivity contribution in [2.24, 2.45) is 41.4 Å². The minimum Gasteiger partial charge on any atom is -0.457 e. The van der Waals surface area contributed by atoms with Crippen molar-refractivity contribution >= 4 is 53.2 Å². The number of cyclic esters (lactones) is 2. The van der Waals surface area contributed by atoms with Gasteiger partial charge in [0, 0.05) is 130 Å². The van der Waals surface area contributed by atoms with Crippen LogP contribution in [0.3, 0.4) is 0 Å². The number of hydrogen-bond donors (Lipinski definition) is 1. The highest BCUT2D eigenvalue weighted by molar-refractivity contribution is 6.08. The molecule has 10 heterocycles. The Morgan fingerprint density at radius 1 is 0.574 bits per heavy atom. The zero-order valence-corrected chi connectivity index (χ0v) is 79.1. The highest BCUT2D eigenvalue weighted by atomic mass is 19.1. The number of halogens is 1. The van der Waals surface area contributed by atoms with Gasteiger partial charge in [-0.25, -0.2) is 33.5 Å². The van der Waals surface area contributed by atoms with E-state index in [-0.39, 0.29) is 74.6 Å². The van der Waals surface area contributed by atoms with E-state index in [1.165, 1.54) is 33.0 Å². The molecule has 1 N–H and O–H groups in total. The number of Topliss-reactive ketones (excluding diaryl/α,β-unsaturated/α-hetero) is 4. The van der Waals surface area contributed by atoms with Crippen molar-refractivity contribution in [1.82, 2.24) is 48.7 Å². The number of aryl methyl sites for hydroxylation is 2. The summed E-state index contributed by atoms with van der Waals surface area (Å²) in [6.45, 7) is 28.4. The van der Waals surface area contributed by atoms with Crippen LogP contribution in [-0.4, -0.2) is 276 Å². The smallest absolute Gasteiger partial charge is 0.411 e. The molecule has 26 atom stereocenters. The number of methoxy groups -OCH3 is 2. The second-order valence-corrected chi connectivity index (χ2v) is 36.9. The van der Waals surface area contributed by atoms with E-state index >= 15 is 9.18 Å². The number of esters is 3. The number of carbonyl (C=O) groups is 9. The SMILES string of the molecule is C/C=C\[C@]12OC(=O)N(CCCCn3cnc(-c4cccnc4)c3)[C@@H]1[C@@H](C)C(=O)[C@H](C)C[C@](C)(OC)[C@H](OC1O[C@H](C)C[C@H](N(C)C)[C@H]1O)[C@@H](C)C(=O)[C@](C)(F)C(=O)O[C@@H]2CC.C/C=C\[C@]12OC(=O)N(CCCCn3cnc(-c4cccnc4)c3)[C@@H]1[C@@H](C)C(=O)[C@H](C)C[C@](C)(OC)[C@H](OC1O[C@H](C)C[C@H](N(C)C)[C@H]1OC(=O)c1ccccc1)[C@@H](C)C(=O)[C@@H](C)C(=O)O[C@@H]2CC. The number of ketones is 4. The van der Waals surface area contributed by atoms with Gasteiger partial charge in [-0.05, 0) is 196 Å². The van der Waals surface area contributed by atoms with Crippen LogP contribution in [-0.2, 0) is 94.0 Å². The van der Waals surface area contributed by atoms with Gasteiger partial charge in [0.15, 0.2) is 41.5 Å². The number of imidazole rings is 2. The van der Waals surface area contributed by atoms with Crippen LogP contribution in [0.25, 0.3) is 22.5 Å². The molecule has 31 nitrogen and oxygen atoms in total. The van der Waals surface area contributed by atoms with E-state index in [0.29, 0.717) is 57.2 Å². The lowest BCUT2D eigenvalue weighted by Crippen LogP contribution is -2.62. The molecule has 1 aromatic carbocycles. The molecule has 0 aliphatic carbocycles. The summed E-state index contributed by atoms with van der Waals surface area (Å²) in [6.07, 6.45) is 13.4. The molecule has 4 aromatic heterocycles. The first-order chi connectivity index (χ1) is 61.1. The summed E-state index contributed by atoms with van der Waals surface area (Å²) in [5.74, 6) is -11.9. The molecule has 6 saturated heterocycles. The van der Waals surface area contributed by atoms with Crippen LogP contribution in [0.5, 0.6) is 0 Å². The van der Waals surface area contributed by atoms with Gasteiger partial charge in [-0.15, -0.1) is 0 Å². The molecule has 708 valence electrons. The third-order valence-electron chi connectivity index (χ3n) is 27.1. The molecule has 0 spiro atoms. The Hall–Kier alpha value is -9.38. The van der Waals surface area contributed by atoms with Crippen molar-refractivity contribution in [1.29, 1.82) is 0 Å². The summed E-state index contributed by atoms with van der Waals surface area (Å²) in [6, 6.07) is 13.6. The molecular formula is C97H137FN10O21. The summed E-state index contributed by atoms with van der Waals surface area (Å²) < 4.78 is 90.5. The van der Waals surface area contributed by atoms with Crippen molar-refractivity contribution in [3.63, 3.8) is 0 Å². The molecule has 0 bridgehead atoms. The van der Waals surface area contributed by atoms with E-state index in [9.17, 15) is 43.5 Å². The first kappa shape index (κ1) is 102. The molecule has 129 heavy (non-hydrogen) atoms. The van der Waals surface area contributed by atoms with Crippen LogP contribution in [0, 0.1) is 41.4 Å². The van der Waals surface area contributed by atoms with Crippen LogP contribution in [0.4, 0.5) is 14.0 Å². The maximum atomic E-state index is 17.1. The lowest BCUT2D eigenvalue weighted by molar-refractivity contribution is -0.295. The zero-order chi connectivity index (χ0) is 94.5. The molecular weight excluding hydrogens is 1660 g/mol. The van der Waals surface area contributed by atoms with E-state index in [1.807, 2.05) is 105 Å². The standard InChI is InChI=1S/C52H71N5O11.C45H66FN5O10/c1-12-23-52-41(13-2)65-47(60)36(7)43(59)35(6)46(67-49-44(40(55(9)10)27-33(4)64-49)66-48(61)37-20-15-14-16-21-37)51(8,63-11)28-32(3)42(58)34(5)45(52)57(50(62)68-52)26-18-17-25-56-30-39(54-31-56)38-22-19-24-53-29-38;1-12-18-45-34(13-2)59-41(55)44(8,46)38(54)30(6)39(60-40-36(53)33(49(9)10)22-28(4)58-40)43(7,57-11)23-27(3)35(52)29(5)37(45)51(42(56)61-45)21-15-14-20-50-25-32(48-26-50)31-17-16-19-47-24-31/h12,14-16,19-24,29-36,40-41,44-46,49H,13,17-18,25-28H2,1-11H3;12,16-19,24-30,33-34,36-37,39-40,53H,13-15,20-23H2,1-11H3/b23-12-;18-12-/t32-,33-,34+,35+,36-,40+,41-,44-,45-,46-,49?,51+,52-;27-,28-,29+,30+,33+,34-,36-,37-,39-,40?,43+,44+,45-/m11/s1. The molecule has 6 aliphatic rings. The summed E-state index contributed by atoms with van der Waals surface area (Å²) in [5, 5.41) is 11.5. The number of allylic oxidation sites excluding steroid dienone is 2. The number of rotatable bonds is 26. The van der Waals surface area contributed by atoms with Gasteiger partial charge in [0.2, 0.25) is 0 Å². The number of pyridine rings is 2. The fraction of sp³-hybridized carbons (Fsp3) is 0.639. The van der Waals surface area contributed by atoms with Crippen molar-refractivity contribution in [2.45, 2.75) is 302 Å². The Kier molecular flexibility index (Phi) is 34.5. The fourth-order valence-electron chi connectivity index (χ4n) is 20.1. The second-order valence-electron chi connectivity index (χ2n) is 36.9. The Labute approximate surface area is 758 Å². The number of aromatic nitrogens is 6. The largest absolute Gasteiger partial charge is 0.457 e. The van der Waals surface area contributed by atoms with Crippen molar-refractivity contribution in [2.75, 3.05) is 55.5 Å². The van der Waals surface area contributed by atoms with Gasteiger partial charge in [0.1, 0.15) is 35.8 Å². The van der Waals surface area contributed by atoms with Gasteiger partial charge in [0.05, 0.1) is 83.3 Å². The molecule has 6 fully saturated rings. The summed E-state index contributed by atoms with van der Waals surface area (Å²) in [5.41, 5.74) is -5.58. The highest BCUT2D eigenvalue weighted by Gasteiger charge is 2.65. The minimum absolute atomic E-state index is 0.0147. The first-order valence-corrected chi connectivity index (χ1v) is 45.5. The number of likely N-dealkylation sites (N-methyl/N-ethyl adjacent to an activating group) is 2. The van der Waals surface area contributed by atoms with Gasteiger partial charge < -0.3 is 76.1 Å². The maximum Gasteiger partial charge on any atom is 0.411 e. The topological polar surface area (TPSA) is 350 Å². The van der Waals surface area contributed by atoms with E-state index in [1.54, 1.807) is 166 Å². The van der Waals surface area contributed by atoms with Gasteiger partial charge in [0.25, 0.3) is 5.67 Å². The second kappa shape index (κ2) is 43.8. The van der Waals surface area contributed by atoms with Gasteiger partial charge in [-0.3, -0.25) is 43.7 Å². The van der Waals surface area contributed by atoms with E-state index in [4.69, 9.17) is 52.1 Å². The zero-order valence-electron chi connectivity index (χ0n) is 79.1. The number of fused-ring (bicyclic) bond motifs is 2. The minimum atomic E-state index is -3.20. The monoisotopic (exact) mass is 1800 g/mol. The Morgan fingerprint density at radius 2 is 1.02 bits per heavy atom. The number of ether oxygens (including phenoxy) is 11. The number of aliphatic hydroxyl groups is 1. The summed E-state index contributed by atoms with van der Waals surface area (Å²) in [4.78, 5) is 154.